The van der Waals surface area contributed by atoms with E-state index in [1.54, 1.807) is 4.90 Å². The van der Waals surface area contributed by atoms with Crippen molar-refractivity contribution < 1.29 is 14.4 Å². The van der Waals surface area contributed by atoms with Crippen LogP contribution in [0.3, 0.4) is 0 Å². The van der Waals surface area contributed by atoms with Crippen LogP contribution >= 0.6 is 0 Å². The number of likely N-dealkylation sites (tertiary alicyclic amines) is 2. The van der Waals surface area contributed by atoms with Crippen molar-refractivity contribution >= 4 is 5.91 Å². The normalized spacial score (nSPS) is 27.1. The summed E-state index contributed by atoms with van der Waals surface area (Å²) in [6, 6.07) is 8.36. The molecule has 25 heavy (non-hydrogen) atoms. The van der Waals surface area contributed by atoms with Crippen LogP contribution in [-0.4, -0.2) is 43.6 Å². The molecular weight excluding hydrogens is 312 g/mol. The first-order valence-corrected chi connectivity index (χ1v) is 10.0. The van der Waals surface area contributed by atoms with Crippen molar-refractivity contribution in [1.82, 2.24) is 4.90 Å². The van der Waals surface area contributed by atoms with Crippen LogP contribution in [0.4, 0.5) is 0 Å². The van der Waals surface area contributed by atoms with Crippen molar-refractivity contribution in [2.45, 2.75) is 46.1 Å². The van der Waals surface area contributed by atoms with E-state index in [9.17, 15) is 4.79 Å². The number of rotatable bonds is 5. The molecule has 1 aromatic rings. The van der Waals surface area contributed by atoms with Crippen LogP contribution in [0.25, 0.3) is 0 Å². The summed E-state index contributed by atoms with van der Waals surface area (Å²) in [5.74, 6) is 2.34. The molecule has 0 radical (unpaired) electrons. The van der Waals surface area contributed by atoms with Gasteiger partial charge >= 0.3 is 0 Å². The van der Waals surface area contributed by atoms with E-state index in [4.69, 9.17) is 4.74 Å². The molecule has 2 fully saturated rings. The second kappa shape index (κ2) is 8.70. The molecule has 1 N–H and O–H groups in total. The zero-order chi connectivity index (χ0) is 17.6. The predicted molar refractivity (Wildman–Crippen MR) is 99.7 cm³/mol. The van der Waals surface area contributed by atoms with E-state index >= 15 is 0 Å². The Morgan fingerprint density at radius 3 is 2.72 bits per heavy atom. The van der Waals surface area contributed by atoms with E-state index in [-0.39, 0.29) is 5.92 Å². The molecule has 2 aliphatic heterocycles. The molecule has 138 valence electrons. The third kappa shape index (κ3) is 4.75. The van der Waals surface area contributed by atoms with Gasteiger partial charge in [0.15, 0.2) is 0 Å². The molecule has 2 heterocycles. The number of nitrogens with one attached hydrogen (secondary N) is 1. The van der Waals surface area contributed by atoms with Gasteiger partial charge in [0.1, 0.15) is 12.3 Å². The van der Waals surface area contributed by atoms with E-state index < -0.39 is 0 Å². The van der Waals surface area contributed by atoms with Crippen LogP contribution in [-0.2, 0) is 11.3 Å². The highest BCUT2D eigenvalue weighted by Crippen LogP contribution is 2.21. The third-order valence-corrected chi connectivity index (χ3v) is 5.72. The molecule has 4 nitrogen and oxygen atoms in total. The fourth-order valence-electron chi connectivity index (χ4n) is 4.31. The molecule has 1 atom stereocenters. The Labute approximate surface area is 152 Å². The highest BCUT2D eigenvalue weighted by atomic mass is 16.5. The lowest BCUT2D eigenvalue weighted by atomic mass is 9.92. The molecular formula is C21H33N2O2+. The largest absolute Gasteiger partial charge is 0.493 e. The Morgan fingerprint density at radius 2 is 2.00 bits per heavy atom. The summed E-state index contributed by atoms with van der Waals surface area (Å²) in [7, 11) is 0. The van der Waals surface area contributed by atoms with E-state index in [0.29, 0.717) is 18.4 Å². The summed E-state index contributed by atoms with van der Waals surface area (Å²) in [6.45, 7) is 10.1. The van der Waals surface area contributed by atoms with Crippen LogP contribution in [0.1, 0.15) is 45.1 Å². The number of carbonyl (C=O) groups excluding carboxylic acids is 1. The van der Waals surface area contributed by atoms with E-state index in [1.165, 1.54) is 18.4 Å². The fraction of sp³-hybridized carbons (Fsp3) is 0.667. The number of hydrogen-bond acceptors (Lipinski definition) is 2. The van der Waals surface area contributed by atoms with Crippen molar-refractivity contribution in [3.63, 3.8) is 0 Å². The van der Waals surface area contributed by atoms with Gasteiger partial charge < -0.3 is 14.5 Å². The van der Waals surface area contributed by atoms with Crippen molar-refractivity contribution in [3.05, 3.63) is 29.8 Å². The van der Waals surface area contributed by atoms with Gasteiger partial charge in [-0.25, -0.2) is 0 Å². The van der Waals surface area contributed by atoms with Gasteiger partial charge in [0.05, 0.1) is 19.7 Å². The van der Waals surface area contributed by atoms with Crippen molar-refractivity contribution in [3.8, 4) is 5.75 Å². The molecule has 1 aromatic carbocycles. The predicted octanol–water partition coefficient (Wildman–Crippen LogP) is 2.14. The second-order valence-corrected chi connectivity index (χ2v) is 7.77. The van der Waals surface area contributed by atoms with Crippen LogP contribution in [0, 0.1) is 11.8 Å². The number of carbonyl (C=O) groups is 1. The Morgan fingerprint density at radius 1 is 1.24 bits per heavy atom. The SMILES string of the molecule is CCOc1ccccc1C[NH+]1CCC(C(=O)N2CCC[C@H](C)C2)CC1. The topological polar surface area (TPSA) is 34.0 Å². The summed E-state index contributed by atoms with van der Waals surface area (Å²) in [5.41, 5.74) is 1.29. The van der Waals surface area contributed by atoms with Crippen LogP contribution in [0.2, 0.25) is 0 Å². The highest BCUT2D eigenvalue weighted by Gasteiger charge is 2.32. The van der Waals surface area contributed by atoms with E-state index in [2.05, 4.69) is 30.0 Å². The maximum atomic E-state index is 12.8. The zero-order valence-electron chi connectivity index (χ0n) is 15.8. The molecule has 0 saturated carbocycles. The number of piperidine rings is 2. The molecule has 1 amide bonds. The first-order valence-electron chi connectivity index (χ1n) is 10.0. The van der Waals surface area contributed by atoms with E-state index in [1.807, 2.05) is 13.0 Å². The van der Waals surface area contributed by atoms with Gasteiger partial charge in [0, 0.05) is 37.4 Å². The number of quaternary nitrogens is 1. The molecule has 4 heteroatoms. The van der Waals surface area contributed by atoms with Gasteiger partial charge in [-0.1, -0.05) is 19.1 Å². The number of hydrogen-bond donors (Lipinski definition) is 1. The number of nitrogens with zero attached hydrogens (tertiary/aromatic N) is 1. The van der Waals surface area contributed by atoms with Gasteiger partial charge in [0.25, 0.3) is 0 Å². The van der Waals surface area contributed by atoms with Crippen LogP contribution in [0.15, 0.2) is 24.3 Å². The number of benzene rings is 1. The summed E-state index contributed by atoms with van der Waals surface area (Å²) in [6.07, 6.45) is 4.49. The van der Waals surface area contributed by atoms with Crippen molar-refractivity contribution in [2.24, 2.45) is 11.8 Å². The lowest BCUT2D eigenvalue weighted by molar-refractivity contribution is -0.919. The average molecular weight is 346 g/mol. The lowest BCUT2D eigenvalue weighted by Crippen LogP contribution is -3.11. The van der Waals surface area contributed by atoms with Gasteiger partial charge in [-0.15, -0.1) is 0 Å². The minimum atomic E-state index is 0.246. The second-order valence-electron chi connectivity index (χ2n) is 7.77. The first kappa shape index (κ1) is 18.2. The molecule has 2 aliphatic rings. The van der Waals surface area contributed by atoms with Crippen LogP contribution in [0.5, 0.6) is 5.75 Å². The number of amides is 1. The molecule has 0 bridgehead atoms. The summed E-state index contributed by atoms with van der Waals surface area (Å²) in [4.78, 5) is 16.5. The Bertz CT molecular complexity index is 567. The maximum Gasteiger partial charge on any atom is 0.226 e. The van der Waals surface area contributed by atoms with Crippen molar-refractivity contribution in [1.29, 1.82) is 0 Å². The quantitative estimate of drug-likeness (QED) is 0.887. The van der Waals surface area contributed by atoms with Gasteiger partial charge in [0.2, 0.25) is 5.91 Å². The zero-order valence-corrected chi connectivity index (χ0v) is 15.8. The molecule has 0 unspecified atom stereocenters. The Hall–Kier alpha value is -1.55. The third-order valence-electron chi connectivity index (χ3n) is 5.72. The summed E-state index contributed by atoms with van der Waals surface area (Å²) >= 11 is 0. The molecule has 0 spiro atoms. The summed E-state index contributed by atoms with van der Waals surface area (Å²) < 4.78 is 5.75. The number of para-hydroxylation sites is 1. The molecule has 2 saturated heterocycles. The van der Waals surface area contributed by atoms with E-state index in [0.717, 1.165) is 51.3 Å². The average Bonchev–Trinajstić information content (AvgIpc) is 2.64. The summed E-state index contributed by atoms with van der Waals surface area (Å²) in [5, 5.41) is 0. The standard InChI is InChI=1S/C21H32N2O2/c1-3-25-20-9-5-4-8-19(20)16-22-13-10-18(11-14-22)21(24)23-12-6-7-17(2)15-23/h4-5,8-9,17-18H,3,6-7,10-16H2,1-2H3/p+1/t17-/m0/s1. The fourth-order valence-corrected chi connectivity index (χ4v) is 4.31. The maximum absolute atomic E-state index is 12.8. The monoisotopic (exact) mass is 345 g/mol. The first-order chi connectivity index (χ1) is 12.2. The molecule has 3 rings (SSSR count). The Kier molecular flexibility index (Phi) is 6.35. The van der Waals surface area contributed by atoms with Crippen molar-refractivity contribution in [2.75, 3.05) is 32.8 Å². The minimum absolute atomic E-state index is 0.246. The minimum Gasteiger partial charge on any atom is -0.493 e. The number of ether oxygens (including phenoxy) is 1. The van der Waals surface area contributed by atoms with Gasteiger partial charge in [-0.3, -0.25) is 4.79 Å². The van der Waals surface area contributed by atoms with Crippen LogP contribution < -0.4 is 9.64 Å². The Balaban J connectivity index is 1.51. The molecule has 0 aliphatic carbocycles. The van der Waals surface area contributed by atoms with Gasteiger partial charge in [-0.2, -0.15) is 0 Å². The lowest BCUT2D eigenvalue weighted by Gasteiger charge is -2.36. The molecule has 0 aromatic heterocycles. The highest BCUT2D eigenvalue weighted by molar-refractivity contribution is 5.79. The van der Waals surface area contributed by atoms with Gasteiger partial charge in [-0.05, 0) is 37.8 Å². The smallest absolute Gasteiger partial charge is 0.226 e.